The molecule has 0 amide bonds. The van der Waals surface area contributed by atoms with E-state index in [1.165, 1.54) is 6.20 Å². The normalized spacial score (nSPS) is 25.2. The van der Waals surface area contributed by atoms with Gasteiger partial charge in [0.05, 0.1) is 12.7 Å². The second-order valence-corrected chi connectivity index (χ2v) is 12.8. The number of nitrogens with zero attached hydrogens (tertiary/aromatic N) is 1. The van der Waals surface area contributed by atoms with Gasteiger partial charge in [0.15, 0.2) is 14.5 Å². The van der Waals surface area contributed by atoms with Crippen molar-refractivity contribution in [1.82, 2.24) is 9.55 Å². The molecule has 0 radical (unpaired) electrons. The fourth-order valence-corrected chi connectivity index (χ4v) is 3.38. The van der Waals surface area contributed by atoms with Gasteiger partial charge in [0.25, 0.3) is 5.56 Å². The first-order valence-corrected chi connectivity index (χ1v) is 11.1. The van der Waals surface area contributed by atoms with Crippen LogP contribution in [0.2, 0.25) is 18.1 Å². The molecule has 2 heterocycles. The van der Waals surface area contributed by atoms with Crippen LogP contribution in [0.1, 0.15) is 39.0 Å². The second-order valence-electron chi connectivity index (χ2n) is 7.95. The van der Waals surface area contributed by atoms with E-state index in [0.29, 0.717) is 12.2 Å². The van der Waals surface area contributed by atoms with Gasteiger partial charge in [-0.1, -0.05) is 20.8 Å². The number of ether oxygens (including phenoxy) is 1. The van der Waals surface area contributed by atoms with Gasteiger partial charge >= 0.3 is 5.69 Å². The molecule has 1 aromatic rings. The lowest BCUT2D eigenvalue weighted by Gasteiger charge is -2.36. The second kappa shape index (κ2) is 6.57. The molecule has 0 spiro atoms. The van der Waals surface area contributed by atoms with Crippen molar-refractivity contribution in [3.8, 4) is 0 Å². The zero-order valence-corrected chi connectivity index (χ0v) is 16.2. The van der Waals surface area contributed by atoms with E-state index in [1.54, 1.807) is 6.92 Å². The summed E-state index contributed by atoms with van der Waals surface area (Å²) < 4.78 is 27.3. The highest BCUT2D eigenvalue weighted by Gasteiger charge is 2.41. The molecule has 0 aromatic carbocycles. The number of aromatic amines is 1. The van der Waals surface area contributed by atoms with Crippen LogP contribution in [0.15, 0.2) is 15.8 Å². The Bertz CT molecular complexity index is 707. The first-order chi connectivity index (χ1) is 10.9. The Labute approximate surface area is 142 Å². The predicted molar refractivity (Wildman–Crippen MR) is 92.6 cm³/mol. The molecule has 0 saturated carbocycles. The van der Waals surface area contributed by atoms with Gasteiger partial charge in [-0.15, -0.1) is 0 Å². The first kappa shape index (κ1) is 19.1. The highest BCUT2D eigenvalue weighted by atomic mass is 28.4. The van der Waals surface area contributed by atoms with E-state index in [9.17, 15) is 14.0 Å². The van der Waals surface area contributed by atoms with Crippen molar-refractivity contribution in [2.24, 2.45) is 0 Å². The molecule has 1 aliphatic heterocycles. The van der Waals surface area contributed by atoms with Crippen LogP contribution in [-0.2, 0) is 9.16 Å². The lowest BCUT2D eigenvalue weighted by molar-refractivity contribution is -0.0375. The van der Waals surface area contributed by atoms with Crippen LogP contribution < -0.4 is 11.2 Å². The Hall–Kier alpha value is -1.25. The smallest absolute Gasteiger partial charge is 0.330 e. The van der Waals surface area contributed by atoms with E-state index in [2.05, 4.69) is 38.8 Å². The predicted octanol–water partition coefficient (Wildman–Crippen LogP) is 2.49. The Kier molecular flexibility index (Phi) is 5.22. The van der Waals surface area contributed by atoms with Gasteiger partial charge in [-0.05, 0) is 25.1 Å². The molecule has 0 aliphatic carbocycles. The Balaban J connectivity index is 2.09. The Morgan fingerprint density at radius 2 is 2.04 bits per heavy atom. The highest BCUT2D eigenvalue weighted by Crippen LogP contribution is 2.38. The molecular formula is C16H27FN2O4Si. The number of halogens is 1. The summed E-state index contributed by atoms with van der Waals surface area (Å²) in [4.78, 5) is 25.5. The maximum atomic E-state index is 14.4. The molecule has 1 aliphatic rings. The molecule has 24 heavy (non-hydrogen) atoms. The minimum Gasteiger partial charge on any atom is -0.414 e. The minimum absolute atomic E-state index is 0.0626. The van der Waals surface area contributed by atoms with Crippen LogP contribution in [0.25, 0.3) is 0 Å². The molecule has 1 N–H and O–H groups in total. The fourth-order valence-electron chi connectivity index (χ4n) is 2.35. The number of nitrogens with one attached hydrogen (secondary N) is 1. The van der Waals surface area contributed by atoms with E-state index in [0.717, 1.165) is 4.57 Å². The van der Waals surface area contributed by atoms with E-state index in [1.807, 2.05) is 0 Å². The summed E-state index contributed by atoms with van der Waals surface area (Å²) in [5.41, 5.74) is -0.793. The molecule has 0 bridgehead atoms. The van der Waals surface area contributed by atoms with Crippen molar-refractivity contribution in [2.45, 2.75) is 70.8 Å². The maximum Gasteiger partial charge on any atom is 0.330 e. The average molecular weight is 358 g/mol. The standard InChI is InChI=1S/C16H27FN2O4Si/c1-10-8-19(15(21)18-13(10)20)14-12(17)7-11(23-14)9-22-24(5,6)16(2,3)4/h8,11-12,14H,7,9H2,1-6H3,(H,18,20,21)/t11-,12+,14+/m0/s1. The molecule has 6 nitrogen and oxygen atoms in total. The van der Waals surface area contributed by atoms with Crippen LogP contribution in [-0.4, -0.2) is 36.8 Å². The van der Waals surface area contributed by atoms with Crippen molar-refractivity contribution in [1.29, 1.82) is 0 Å². The molecule has 2 rings (SSSR count). The summed E-state index contributed by atoms with van der Waals surface area (Å²) in [5, 5.41) is 0.0626. The largest absolute Gasteiger partial charge is 0.414 e. The lowest BCUT2D eigenvalue weighted by Crippen LogP contribution is -2.42. The zero-order chi connectivity index (χ0) is 18.3. The topological polar surface area (TPSA) is 73.3 Å². The lowest BCUT2D eigenvalue weighted by atomic mass is 10.2. The number of hydrogen-bond acceptors (Lipinski definition) is 4. The van der Waals surface area contributed by atoms with Crippen molar-refractivity contribution >= 4 is 8.32 Å². The van der Waals surface area contributed by atoms with Gasteiger partial charge in [-0.2, -0.15) is 0 Å². The molecule has 1 fully saturated rings. The number of aryl methyl sites for hydroxylation is 1. The van der Waals surface area contributed by atoms with Crippen LogP contribution >= 0.6 is 0 Å². The third-order valence-electron chi connectivity index (χ3n) is 4.99. The highest BCUT2D eigenvalue weighted by molar-refractivity contribution is 6.74. The van der Waals surface area contributed by atoms with Crippen LogP contribution in [0.3, 0.4) is 0 Å². The van der Waals surface area contributed by atoms with Gasteiger partial charge in [0.2, 0.25) is 0 Å². The summed E-state index contributed by atoms with van der Waals surface area (Å²) in [6.07, 6.45) is -1.24. The molecular weight excluding hydrogens is 331 g/mol. The summed E-state index contributed by atoms with van der Waals surface area (Å²) in [6.45, 7) is 12.5. The average Bonchev–Trinajstić information content (AvgIpc) is 2.80. The zero-order valence-electron chi connectivity index (χ0n) is 15.2. The third-order valence-corrected chi connectivity index (χ3v) is 9.49. The summed E-state index contributed by atoms with van der Waals surface area (Å²) in [5.74, 6) is 0. The number of rotatable bonds is 4. The van der Waals surface area contributed by atoms with Gasteiger partial charge < -0.3 is 9.16 Å². The van der Waals surface area contributed by atoms with E-state index >= 15 is 0 Å². The van der Waals surface area contributed by atoms with Crippen molar-refractivity contribution in [2.75, 3.05) is 6.61 Å². The van der Waals surface area contributed by atoms with Gasteiger partial charge in [-0.3, -0.25) is 14.3 Å². The fraction of sp³-hybridized carbons (Fsp3) is 0.750. The van der Waals surface area contributed by atoms with E-state index in [-0.39, 0.29) is 11.5 Å². The van der Waals surface area contributed by atoms with Gasteiger partial charge in [-0.25, -0.2) is 9.18 Å². The quantitative estimate of drug-likeness (QED) is 0.839. The van der Waals surface area contributed by atoms with E-state index in [4.69, 9.17) is 9.16 Å². The van der Waals surface area contributed by atoms with Crippen LogP contribution in [0, 0.1) is 6.92 Å². The molecule has 8 heteroatoms. The van der Waals surface area contributed by atoms with Gasteiger partial charge in [0, 0.05) is 18.2 Å². The Morgan fingerprint density at radius 1 is 1.42 bits per heavy atom. The summed E-state index contributed by atoms with van der Waals surface area (Å²) >= 11 is 0. The molecule has 1 saturated heterocycles. The molecule has 136 valence electrons. The van der Waals surface area contributed by atoms with Gasteiger partial charge in [0.1, 0.15) is 6.17 Å². The van der Waals surface area contributed by atoms with Crippen LogP contribution in [0.5, 0.6) is 0 Å². The summed E-state index contributed by atoms with van der Waals surface area (Å²) in [7, 11) is -1.94. The minimum atomic E-state index is -1.94. The Morgan fingerprint density at radius 3 is 2.62 bits per heavy atom. The maximum absolute atomic E-state index is 14.4. The monoisotopic (exact) mass is 358 g/mol. The number of alkyl halides is 1. The molecule has 3 atom stereocenters. The van der Waals surface area contributed by atoms with E-state index < -0.39 is 38.1 Å². The molecule has 1 aromatic heterocycles. The van der Waals surface area contributed by atoms with Crippen molar-refractivity contribution in [3.05, 3.63) is 32.6 Å². The first-order valence-electron chi connectivity index (χ1n) is 8.18. The SMILES string of the molecule is Cc1cn([C@@H]2O[C@H](CO[Si](C)(C)C(C)(C)C)C[C@H]2F)c(=O)[nH]c1=O. The summed E-state index contributed by atoms with van der Waals surface area (Å²) in [6, 6.07) is 0. The number of H-pyrrole nitrogens is 1. The van der Waals surface area contributed by atoms with Crippen LogP contribution in [0.4, 0.5) is 4.39 Å². The number of aromatic nitrogens is 2. The number of hydrogen-bond donors (Lipinski definition) is 1. The molecule has 0 unspecified atom stereocenters. The van der Waals surface area contributed by atoms with Crippen molar-refractivity contribution < 1.29 is 13.6 Å². The van der Waals surface area contributed by atoms with Crippen molar-refractivity contribution in [3.63, 3.8) is 0 Å². The third kappa shape index (κ3) is 3.87.